The summed E-state index contributed by atoms with van der Waals surface area (Å²) in [6.07, 6.45) is 5.76. The fourth-order valence-electron chi connectivity index (χ4n) is 9.91. The number of rotatable bonds is 33. The second-order valence-electron chi connectivity index (χ2n) is 20.5. The van der Waals surface area contributed by atoms with E-state index in [1.165, 1.54) is 18.7 Å². The number of alkyl halides is 1. The van der Waals surface area contributed by atoms with E-state index < -0.39 is 114 Å². The van der Waals surface area contributed by atoms with Crippen LogP contribution in [0.5, 0.6) is 0 Å². The average molecular weight is 1170 g/mol. The largest absolute Gasteiger partial charge is 0.481 e. The minimum Gasteiger partial charge on any atom is -0.481 e. The number of para-hydroxylation sites is 1. The number of halogens is 1. The van der Waals surface area contributed by atoms with Gasteiger partial charge in [0.25, 0.3) is 0 Å². The summed E-state index contributed by atoms with van der Waals surface area (Å²) in [4.78, 5) is 160. The number of carboxylic acid groups (broad SMARTS) is 1. The standard InChI is InChI=1S/C52H77ClN14O13S/c1-28(45(73)59-29(2)46(74)62-33(44(54)72)14-7-9-21-56-40(68)18-6-5-17-39-43-37(27-81-39)65-52(80)66-43)60-47(75)34(15-11-22-57-51(55)79)63-48(76)36(24-30-26-58-32-13-4-3-12-31(30)32)64-49(77)38-16-8-10-23-67(38)50(78)35(19-20-42(70)71)61-41(69)25-53/h3-4,12-13,26,28-29,33-39,43,58H,5-11,14-25,27H2,1-2H3,(H2,54,72)(H,56,68)(H,59,73)(H,60,75)(H,61,69)(H,62,74)(H,63,76)(H,64,77)(H,70,71)(H3,55,57,79)(H2,65,66,80)/t28-,29-,33-,34-,35+,36-,37+,38-,39+,43+/m0/s1. The molecule has 5 rings (SSSR count). The number of H-pyrrole nitrogens is 1. The minimum absolute atomic E-state index is 0.00947. The van der Waals surface area contributed by atoms with E-state index in [4.69, 9.17) is 23.1 Å². The topological polar surface area (TPSA) is 416 Å². The Kier molecular flexibility index (Phi) is 25.6. The van der Waals surface area contributed by atoms with Crippen LogP contribution in [0.15, 0.2) is 30.5 Å². The molecule has 1 aromatic carbocycles. The van der Waals surface area contributed by atoms with Gasteiger partial charge < -0.3 is 79.6 Å². The fourth-order valence-corrected chi connectivity index (χ4v) is 11.5. The van der Waals surface area contributed by atoms with Crippen LogP contribution in [0.25, 0.3) is 10.9 Å². The Balaban J connectivity index is 1.17. The van der Waals surface area contributed by atoms with E-state index in [9.17, 15) is 62.6 Å². The van der Waals surface area contributed by atoms with E-state index >= 15 is 0 Å². The number of nitrogens with two attached hydrogens (primary N) is 2. The Morgan fingerprint density at radius 1 is 0.728 bits per heavy atom. The molecule has 3 fully saturated rings. The zero-order valence-corrected chi connectivity index (χ0v) is 47.1. The van der Waals surface area contributed by atoms with E-state index in [0.29, 0.717) is 55.9 Å². The van der Waals surface area contributed by atoms with Gasteiger partial charge in [-0.2, -0.15) is 11.8 Å². The van der Waals surface area contributed by atoms with Gasteiger partial charge in [-0.05, 0) is 96.1 Å². The molecule has 81 heavy (non-hydrogen) atoms. The summed E-state index contributed by atoms with van der Waals surface area (Å²) in [5.41, 5.74) is 12.2. The normalized spacial score (nSPS) is 19.6. The van der Waals surface area contributed by atoms with Crippen molar-refractivity contribution in [2.75, 3.05) is 31.3 Å². The van der Waals surface area contributed by atoms with Gasteiger partial charge in [0.05, 0.1) is 12.1 Å². The summed E-state index contributed by atoms with van der Waals surface area (Å²) in [5.74, 6) is -7.19. The second kappa shape index (κ2) is 32.2. The summed E-state index contributed by atoms with van der Waals surface area (Å²) < 4.78 is 0. The van der Waals surface area contributed by atoms with Crippen molar-refractivity contribution in [3.63, 3.8) is 0 Å². The maximum absolute atomic E-state index is 14.5. The minimum atomic E-state index is -1.39. The molecule has 0 bridgehead atoms. The molecule has 3 saturated heterocycles. The second-order valence-corrected chi connectivity index (χ2v) is 22.0. The number of aliphatic carboxylic acids is 1. The Bertz CT molecular complexity index is 2590. The van der Waals surface area contributed by atoms with Gasteiger partial charge in [0, 0.05) is 67.0 Å². The van der Waals surface area contributed by atoms with Crippen LogP contribution in [0.4, 0.5) is 9.59 Å². The van der Waals surface area contributed by atoms with Crippen LogP contribution in [-0.4, -0.2) is 177 Å². The molecule has 0 unspecified atom stereocenters. The van der Waals surface area contributed by atoms with E-state index in [1.807, 2.05) is 17.8 Å². The number of nitrogens with one attached hydrogen (secondary N) is 11. The predicted octanol–water partition coefficient (Wildman–Crippen LogP) is -0.910. The third kappa shape index (κ3) is 20.3. The molecule has 0 saturated carbocycles. The third-order valence-corrected chi connectivity index (χ3v) is 16.1. The first-order valence-electron chi connectivity index (χ1n) is 27.4. The van der Waals surface area contributed by atoms with E-state index in [-0.39, 0.29) is 75.6 Å². The summed E-state index contributed by atoms with van der Waals surface area (Å²) in [6, 6.07) is -2.40. The fraction of sp³-hybridized carbons (Fsp3) is 0.615. The summed E-state index contributed by atoms with van der Waals surface area (Å²) in [5, 5.41) is 37.0. The van der Waals surface area contributed by atoms with Crippen LogP contribution in [-0.2, 0) is 54.4 Å². The molecule has 1 aromatic heterocycles. The number of piperidine rings is 1. The lowest BCUT2D eigenvalue weighted by Crippen LogP contribution is -2.61. The highest BCUT2D eigenvalue weighted by Crippen LogP contribution is 2.33. The van der Waals surface area contributed by atoms with Gasteiger partial charge >= 0.3 is 18.0 Å². The van der Waals surface area contributed by atoms with Gasteiger partial charge in [-0.15, -0.1) is 11.6 Å². The molecule has 3 aliphatic heterocycles. The lowest BCUT2D eigenvalue weighted by Gasteiger charge is -2.37. The first kappa shape index (κ1) is 64.5. The van der Waals surface area contributed by atoms with Crippen LogP contribution >= 0.6 is 23.4 Å². The first-order chi connectivity index (χ1) is 38.6. The molecule has 27 nitrogen and oxygen atoms in total. The van der Waals surface area contributed by atoms with E-state index in [2.05, 4.69) is 58.2 Å². The van der Waals surface area contributed by atoms with Crippen molar-refractivity contribution >= 4 is 105 Å². The van der Waals surface area contributed by atoms with Crippen LogP contribution in [0.3, 0.4) is 0 Å². The molecule has 29 heteroatoms. The monoisotopic (exact) mass is 1170 g/mol. The average Bonchev–Trinajstić information content (AvgIpc) is 4.15. The van der Waals surface area contributed by atoms with Crippen molar-refractivity contribution < 1.29 is 62.6 Å². The van der Waals surface area contributed by atoms with Crippen molar-refractivity contribution in [3.05, 3.63) is 36.0 Å². The number of amides is 13. The number of aromatic amines is 1. The number of hydrogen-bond donors (Lipinski definition) is 14. The Labute approximate surface area is 477 Å². The van der Waals surface area contributed by atoms with Crippen molar-refractivity contribution in [1.29, 1.82) is 0 Å². The zero-order chi connectivity index (χ0) is 59.2. The van der Waals surface area contributed by atoms with Crippen LogP contribution in [0.1, 0.15) is 109 Å². The number of primary amides is 2. The van der Waals surface area contributed by atoms with Crippen molar-refractivity contribution in [2.24, 2.45) is 11.5 Å². The number of carboxylic acids is 1. The molecule has 0 aliphatic carbocycles. The zero-order valence-electron chi connectivity index (χ0n) is 45.5. The first-order valence-corrected chi connectivity index (χ1v) is 29.0. The van der Waals surface area contributed by atoms with Crippen LogP contribution in [0.2, 0.25) is 0 Å². The molecule has 4 heterocycles. The number of nitrogens with zero attached hydrogens (tertiary/aromatic N) is 1. The molecular weight excluding hydrogens is 1100 g/mol. The number of hydrogen-bond acceptors (Lipinski definition) is 13. The van der Waals surface area contributed by atoms with Gasteiger partial charge in [0.2, 0.25) is 53.2 Å². The summed E-state index contributed by atoms with van der Waals surface area (Å²) >= 11 is 7.51. The molecule has 0 spiro atoms. The number of fused-ring (bicyclic) bond motifs is 2. The van der Waals surface area contributed by atoms with Crippen LogP contribution < -0.4 is 64.6 Å². The Morgan fingerprint density at radius 3 is 2.12 bits per heavy atom. The maximum Gasteiger partial charge on any atom is 0.315 e. The summed E-state index contributed by atoms with van der Waals surface area (Å²) in [6.45, 7) is 3.11. The van der Waals surface area contributed by atoms with Crippen molar-refractivity contribution in [2.45, 2.75) is 170 Å². The lowest BCUT2D eigenvalue weighted by molar-refractivity contribution is -0.146. The Hall–Kier alpha value is -7.36. The highest BCUT2D eigenvalue weighted by Gasteiger charge is 2.43. The highest BCUT2D eigenvalue weighted by atomic mass is 35.5. The molecule has 2 aromatic rings. The molecule has 13 amide bonds. The number of benzene rings is 1. The number of unbranched alkanes of at least 4 members (excludes halogenated alkanes) is 2. The van der Waals surface area contributed by atoms with Gasteiger partial charge in [0.15, 0.2) is 0 Å². The molecule has 0 radical (unpaired) electrons. The summed E-state index contributed by atoms with van der Waals surface area (Å²) in [7, 11) is 0. The maximum atomic E-state index is 14.5. The molecule has 10 atom stereocenters. The molecule has 3 aliphatic rings. The highest BCUT2D eigenvalue weighted by molar-refractivity contribution is 8.00. The van der Waals surface area contributed by atoms with Crippen molar-refractivity contribution in [1.82, 2.24) is 63.1 Å². The molecular formula is C52H77ClN14O13S. The predicted molar refractivity (Wildman–Crippen MR) is 299 cm³/mol. The SMILES string of the molecule is C[C@H](NC(=O)[C@H](C)NC(=O)[C@H](CCCNC(N)=O)NC(=O)[C@H](Cc1c[nH]c2ccccc12)NC(=O)[C@@H]1CCCCN1C(=O)[C@@H](CCC(=O)O)NC(=O)CCl)C(=O)N[C@@H](CCCCNC(=O)CCCC[C@H]1SC[C@H]2NC(=O)N[C@H]21)C(N)=O. The van der Waals surface area contributed by atoms with E-state index in [0.717, 1.165) is 29.5 Å². The smallest absolute Gasteiger partial charge is 0.315 e. The van der Waals surface area contributed by atoms with Gasteiger partial charge in [-0.1, -0.05) is 24.6 Å². The number of urea groups is 2. The third-order valence-electron chi connectivity index (χ3n) is 14.3. The number of likely N-dealkylation sites (tertiary alicyclic amines) is 1. The Morgan fingerprint density at radius 2 is 1.41 bits per heavy atom. The number of thioether (sulfide) groups is 1. The van der Waals surface area contributed by atoms with Gasteiger partial charge in [0.1, 0.15) is 48.2 Å². The van der Waals surface area contributed by atoms with Crippen LogP contribution in [0, 0.1) is 0 Å². The van der Waals surface area contributed by atoms with E-state index in [1.54, 1.807) is 24.4 Å². The molecule has 16 N–H and O–H groups in total. The van der Waals surface area contributed by atoms with Crippen molar-refractivity contribution in [3.8, 4) is 0 Å². The number of aromatic nitrogens is 1. The lowest BCUT2D eigenvalue weighted by atomic mass is 9.97. The molecule has 446 valence electrons. The number of carbonyl (C=O) groups is 12. The quantitative estimate of drug-likeness (QED) is 0.0234. The number of carbonyl (C=O) groups excluding carboxylic acids is 11. The van der Waals surface area contributed by atoms with Gasteiger partial charge in [-0.25, -0.2) is 9.59 Å². The van der Waals surface area contributed by atoms with Gasteiger partial charge in [-0.3, -0.25) is 47.9 Å².